The van der Waals surface area contributed by atoms with Gasteiger partial charge in [0.1, 0.15) is 5.82 Å². The minimum absolute atomic E-state index is 0.280. The number of rotatable bonds is 5. The van der Waals surface area contributed by atoms with E-state index >= 15 is 0 Å². The van der Waals surface area contributed by atoms with E-state index in [1.165, 1.54) is 6.07 Å². The highest BCUT2D eigenvalue weighted by molar-refractivity contribution is 5.34. The van der Waals surface area contributed by atoms with Gasteiger partial charge in [0.2, 0.25) is 5.95 Å². The third-order valence-corrected chi connectivity index (χ3v) is 1.91. The van der Waals surface area contributed by atoms with Crippen LogP contribution < -0.4 is 5.32 Å². The lowest BCUT2D eigenvalue weighted by Gasteiger charge is -2.12. The zero-order valence-electron chi connectivity index (χ0n) is 8.33. The first-order valence-electron chi connectivity index (χ1n) is 4.72. The molecule has 2 nitrogen and oxygen atoms in total. The van der Waals surface area contributed by atoms with Crippen LogP contribution in [0.15, 0.2) is 30.9 Å². The number of nitrogens with one attached hydrogen (secondary N) is 1. The van der Waals surface area contributed by atoms with Crippen LogP contribution in [0.5, 0.6) is 0 Å². The molecule has 1 aromatic heterocycles. The molecule has 0 spiro atoms. The first kappa shape index (κ1) is 10.7. The first-order chi connectivity index (χ1) is 6.72. The molecule has 3 heteroatoms. The van der Waals surface area contributed by atoms with E-state index in [0.29, 0.717) is 5.82 Å². The van der Waals surface area contributed by atoms with E-state index in [4.69, 9.17) is 0 Å². The Labute approximate surface area is 83.9 Å². The minimum atomic E-state index is -0.453. The maximum Gasteiger partial charge on any atom is 0.214 e. The van der Waals surface area contributed by atoms with Gasteiger partial charge in [0.25, 0.3) is 0 Å². The van der Waals surface area contributed by atoms with Crippen LogP contribution in [-0.2, 0) is 0 Å². The summed E-state index contributed by atoms with van der Waals surface area (Å²) in [6, 6.07) is 5.01. The van der Waals surface area contributed by atoms with Gasteiger partial charge in [-0.2, -0.15) is 4.39 Å². The summed E-state index contributed by atoms with van der Waals surface area (Å²) in [6.45, 7) is 5.69. The Morgan fingerprint density at radius 2 is 2.43 bits per heavy atom. The molecular weight excluding hydrogens is 179 g/mol. The summed E-state index contributed by atoms with van der Waals surface area (Å²) < 4.78 is 12.7. The molecule has 0 radical (unpaired) electrons. The molecule has 1 rings (SSSR count). The second-order valence-corrected chi connectivity index (χ2v) is 3.26. The van der Waals surface area contributed by atoms with Gasteiger partial charge in [0.15, 0.2) is 0 Å². The van der Waals surface area contributed by atoms with Crippen molar-refractivity contribution in [1.82, 2.24) is 4.98 Å². The molecule has 0 fully saturated rings. The summed E-state index contributed by atoms with van der Waals surface area (Å²) in [5, 5.41) is 3.12. The third-order valence-electron chi connectivity index (χ3n) is 1.91. The summed E-state index contributed by atoms with van der Waals surface area (Å²) in [6.07, 6.45) is 3.79. The lowest BCUT2D eigenvalue weighted by molar-refractivity contribution is 0.583. The van der Waals surface area contributed by atoms with E-state index in [0.717, 1.165) is 12.8 Å². The molecule has 0 saturated heterocycles. The molecule has 0 amide bonds. The standard InChI is InChI=1S/C11H15FN2/c1-3-4-6-9(2)13-11-8-5-7-10(12)14-11/h3,5,7-9H,1,4,6H2,2H3,(H,13,14). The fraction of sp³-hybridized carbons (Fsp3) is 0.364. The second kappa shape index (κ2) is 5.37. The number of pyridine rings is 1. The fourth-order valence-corrected chi connectivity index (χ4v) is 1.18. The van der Waals surface area contributed by atoms with Crippen LogP contribution in [0.2, 0.25) is 0 Å². The SMILES string of the molecule is C=CCCC(C)Nc1cccc(F)n1. The lowest BCUT2D eigenvalue weighted by atomic mass is 10.2. The molecule has 76 valence electrons. The van der Waals surface area contributed by atoms with Crippen LogP contribution in [-0.4, -0.2) is 11.0 Å². The lowest BCUT2D eigenvalue weighted by Crippen LogP contribution is -2.15. The summed E-state index contributed by atoms with van der Waals surface area (Å²) in [7, 11) is 0. The Kier molecular flexibility index (Phi) is 4.11. The zero-order valence-corrected chi connectivity index (χ0v) is 8.33. The van der Waals surface area contributed by atoms with Gasteiger partial charge in [-0.3, -0.25) is 0 Å². The Morgan fingerprint density at radius 1 is 1.64 bits per heavy atom. The molecule has 0 aliphatic heterocycles. The van der Waals surface area contributed by atoms with Crippen LogP contribution in [0, 0.1) is 5.95 Å². The Bertz CT molecular complexity index is 299. The number of halogens is 1. The highest BCUT2D eigenvalue weighted by Gasteiger charge is 2.01. The fourth-order valence-electron chi connectivity index (χ4n) is 1.18. The number of allylic oxidation sites excluding steroid dienone is 1. The Morgan fingerprint density at radius 3 is 3.07 bits per heavy atom. The molecule has 0 aliphatic rings. The Hall–Kier alpha value is -1.38. The van der Waals surface area contributed by atoms with Crippen molar-refractivity contribution >= 4 is 5.82 Å². The molecule has 0 aromatic carbocycles. The first-order valence-corrected chi connectivity index (χ1v) is 4.72. The zero-order chi connectivity index (χ0) is 10.4. The van der Waals surface area contributed by atoms with Gasteiger partial charge < -0.3 is 5.32 Å². The quantitative estimate of drug-likeness (QED) is 0.575. The molecule has 0 bridgehead atoms. The number of anilines is 1. The van der Waals surface area contributed by atoms with Crippen molar-refractivity contribution in [1.29, 1.82) is 0 Å². The predicted molar refractivity (Wildman–Crippen MR) is 56.7 cm³/mol. The van der Waals surface area contributed by atoms with Crippen molar-refractivity contribution in [3.05, 3.63) is 36.8 Å². The van der Waals surface area contributed by atoms with E-state index in [-0.39, 0.29) is 6.04 Å². The molecule has 0 aliphatic carbocycles. The van der Waals surface area contributed by atoms with Crippen molar-refractivity contribution in [2.75, 3.05) is 5.32 Å². The number of nitrogens with zero attached hydrogens (tertiary/aromatic N) is 1. The van der Waals surface area contributed by atoms with E-state index in [2.05, 4.69) is 16.9 Å². The summed E-state index contributed by atoms with van der Waals surface area (Å²) in [4.78, 5) is 3.72. The molecular formula is C11H15FN2. The number of aromatic nitrogens is 1. The molecule has 1 unspecified atom stereocenters. The van der Waals surface area contributed by atoms with Crippen molar-refractivity contribution < 1.29 is 4.39 Å². The van der Waals surface area contributed by atoms with Gasteiger partial charge in [-0.1, -0.05) is 12.1 Å². The van der Waals surface area contributed by atoms with Crippen LogP contribution in [0.1, 0.15) is 19.8 Å². The smallest absolute Gasteiger partial charge is 0.214 e. The number of hydrogen-bond acceptors (Lipinski definition) is 2. The molecule has 1 aromatic rings. The third kappa shape index (κ3) is 3.56. The summed E-state index contributed by atoms with van der Waals surface area (Å²) >= 11 is 0. The van der Waals surface area contributed by atoms with Crippen molar-refractivity contribution in [3.63, 3.8) is 0 Å². The molecule has 1 atom stereocenters. The minimum Gasteiger partial charge on any atom is -0.368 e. The van der Waals surface area contributed by atoms with Crippen LogP contribution in [0.4, 0.5) is 10.2 Å². The average Bonchev–Trinajstić information content (AvgIpc) is 2.15. The topological polar surface area (TPSA) is 24.9 Å². The van der Waals surface area contributed by atoms with Gasteiger partial charge in [-0.05, 0) is 31.9 Å². The normalized spacial score (nSPS) is 12.1. The Balaban J connectivity index is 2.47. The maximum atomic E-state index is 12.7. The van der Waals surface area contributed by atoms with Crippen LogP contribution in [0.25, 0.3) is 0 Å². The highest BCUT2D eigenvalue weighted by Crippen LogP contribution is 2.08. The van der Waals surface area contributed by atoms with Gasteiger partial charge in [-0.25, -0.2) is 4.98 Å². The molecule has 1 N–H and O–H groups in total. The molecule has 0 saturated carbocycles. The van der Waals surface area contributed by atoms with Crippen LogP contribution in [0.3, 0.4) is 0 Å². The molecule has 14 heavy (non-hydrogen) atoms. The predicted octanol–water partition coefficient (Wildman–Crippen LogP) is 2.99. The highest BCUT2D eigenvalue weighted by atomic mass is 19.1. The van der Waals surface area contributed by atoms with Gasteiger partial charge in [0.05, 0.1) is 0 Å². The van der Waals surface area contributed by atoms with Gasteiger partial charge >= 0.3 is 0 Å². The maximum absolute atomic E-state index is 12.7. The van der Waals surface area contributed by atoms with Gasteiger partial charge in [0, 0.05) is 6.04 Å². The summed E-state index contributed by atoms with van der Waals surface area (Å²) in [5.74, 6) is 0.132. The van der Waals surface area contributed by atoms with E-state index < -0.39 is 5.95 Å². The van der Waals surface area contributed by atoms with Crippen molar-refractivity contribution in [2.45, 2.75) is 25.8 Å². The largest absolute Gasteiger partial charge is 0.368 e. The van der Waals surface area contributed by atoms with E-state index in [1.807, 2.05) is 13.0 Å². The van der Waals surface area contributed by atoms with Crippen molar-refractivity contribution in [3.8, 4) is 0 Å². The monoisotopic (exact) mass is 194 g/mol. The summed E-state index contributed by atoms with van der Waals surface area (Å²) in [5.41, 5.74) is 0. The average molecular weight is 194 g/mol. The second-order valence-electron chi connectivity index (χ2n) is 3.26. The number of hydrogen-bond donors (Lipinski definition) is 1. The van der Waals surface area contributed by atoms with E-state index in [9.17, 15) is 4.39 Å². The van der Waals surface area contributed by atoms with E-state index in [1.54, 1.807) is 12.1 Å². The van der Waals surface area contributed by atoms with Gasteiger partial charge in [-0.15, -0.1) is 6.58 Å². The molecule has 1 heterocycles. The van der Waals surface area contributed by atoms with Crippen molar-refractivity contribution in [2.24, 2.45) is 0 Å². The van der Waals surface area contributed by atoms with Crippen LogP contribution >= 0.6 is 0 Å².